The monoisotopic (exact) mass is 495 g/mol. The quantitative estimate of drug-likeness (QED) is 0.292. The smallest absolute Gasteiger partial charge is 0.257 e. The molecule has 3 aromatic carbocycles. The van der Waals surface area contributed by atoms with Gasteiger partial charge in [-0.25, -0.2) is 13.1 Å². The van der Waals surface area contributed by atoms with Crippen LogP contribution in [0.25, 0.3) is 0 Å². The normalized spacial score (nSPS) is 10.8. The minimum Gasteiger partial charge on any atom is -0.493 e. The lowest BCUT2D eigenvalue weighted by atomic mass is 10.2. The Morgan fingerprint density at radius 1 is 1.00 bits per heavy atom. The van der Waals surface area contributed by atoms with E-state index in [9.17, 15) is 13.2 Å². The van der Waals surface area contributed by atoms with E-state index in [0.717, 1.165) is 6.42 Å². The number of nitrogens with one attached hydrogen (secondary N) is 3. The van der Waals surface area contributed by atoms with E-state index in [1.165, 1.54) is 23.8 Å². The van der Waals surface area contributed by atoms with E-state index in [-0.39, 0.29) is 22.5 Å². The van der Waals surface area contributed by atoms with Crippen LogP contribution < -0.4 is 20.1 Å². The lowest BCUT2D eigenvalue weighted by molar-refractivity contribution is 0.0977. The van der Waals surface area contributed by atoms with E-state index in [2.05, 4.69) is 21.9 Å². The van der Waals surface area contributed by atoms with Crippen LogP contribution in [0.2, 0.25) is 0 Å². The zero-order valence-electron chi connectivity index (χ0n) is 18.4. The van der Waals surface area contributed by atoms with Crippen molar-refractivity contribution in [2.45, 2.75) is 11.3 Å². The molecular weight excluding hydrogens is 470 g/mol. The van der Waals surface area contributed by atoms with Crippen molar-refractivity contribution in [1.82, 2.24) is 10.0 Å². The summed E-state index contributed by atoms with van der Waals surface area (Å²) >= 11 is 5.22. The number of amides is 1. The van der Waals surface area contributed by atoms with Crippen LogP contribution in [-0.4, -0.2) is 32.6 Å². The second-order valence-electron chi connectivity index (χ2n) is 7.19. The van der Waals surface area contributed by atoms with Gasteiger partial charge in [0.05, 0.1) is 11.5 Å². The molecule has 0 saturated heterocycles. The standard InChI is InChI=1S/C25H25N3O4S2/c1-2-16-26-34(30,31)23-13-11-21(12-14-23)27-25(33)28-24(29)20-9-6-10-22(18-20)32-17-15-19-7-4-3-5-8-19/h2-14,18,26H,1,15-17H2,(H2,27,28,29,33). The Hall–Kier alpha value is -3.53. The van der Waals surface area contributed by atoms with Crippen LogP contribution in [0.3, 0.4) is 0 Å². The van der Waals surface area contributed by atoms with Crippen molar-refractivity contribution in [3.05, 3.63) is 103 Å². The Labute approximate surface area is 204 Å². The number of thiocarbonyl (C=S) groups is 1. The molecule has 34 heavy (non-hydrogen) atoms. The number of sulfonamides is 1. The van der Waals surface area contributed by atoms with Crippen LogP contribution >= 0.6 is 12.2 Å². The fraction of sp³-hybridized carbons (Fsp3) is 0.120. The number of carbonyl (C=O) groups is 1. The average molecular weight is 496 g/mol. The van der Waals surface area contributed by atoms with Crippen molar-refractivity contribution < 1.29 is 17.9 Å². The Morgan fingerprint density at radius 3 is 2.44 bits per heavy atom. The molecule has 0 fully saturated rings. The summed E-state index contributed by atoms with van der Waals surface area (Å²) in [7, 11) is -3.61. The number of hydrogen-bond acceptors (Lipinski definition) is 5. The van der Waals surface area contributed by atoms with Gasteiger partial charge in [-0.15, -0.1) is 6.58 Å². The number of carbonyl (C=O) groups excluding carboxylic acids is 1. The summed E-state index contributed by atoms with van der Waals surface area (Å²) in [6, 6.07) is 22.8. The van der Waals surface area contributed by atoms with Gasteiger partial charge in [0.2, 0.25) is 10.0 Å². The van der Waals surface area contributed by atoms with Gasteiger partial charge in [0, 0.05) is 24.2 Å². The number of anilines is 1. The lowest BCUT2D eigenvalue weighted by Gasteiger charge is -2.11. The minimum atomic E-state index is -3.61. The molecule has 0 bridgehead atoms. The molecule has 0 unspecified atom stereocenters. The van der Waals surface area contributed by atoms with Gasteiger partial charge in [0.25, 0.3) is 5.91 Å². The first-order chi connectivity index (χ1) is 16.4. The molecule has 0 saturated carbocycles. The molecule has 0 aliphatic carbocycles. The summed E-state index contributed by atoms with van der Waals surface area (Å²) in [4.78, 5) is 12.7. The van der Waals surface area contributed by atoms with Crippen molar-refractivity contribution >= 4 is 38.9 Å². The van der Waals surface area contributed by atoms with Crippen molar-refractivity contribution in [2.24, 2.45) is 0 Å². The molecule has 176 valence electrons. The predicted octanol–water partition coefficient (Wildman–Crippen LogP) is 3.90. The highest BCUT2D eigenvalue weighted by Crippen LogP contribution is 2.16. The minimum absolute atomic E-state index is 0.0841. The largest absolute Gasteiger partial charge is 0.493 e. The third-order valence-electron chi connectivity index (χ3n) is 4.67. The van der Waals surface area contributed by atoms with E-state index < -0.39 is 10.0 Å². The summed E-state index contributed by atoms with van der Waals surface area (Å²) < 4.78 is 32.4. The van der Waals surface area contributed by atoms with Gasteiger partial charge in [0.1, 0.15) is 5.75 Å². The molecule has 0 atom stereocenters. The second-order valence-corrected chi connectivity index (χ2v) is 9.36. The first-order valence-electron chi connectivity index (χ1n) is 10.5. The highest BCUT2D eigenvalue weighted by Gasteiger charge is 2.13. The van der Waals surface area contributed by atoms with Gasteiger partial charge in [-0.3, -0.25) is 10.1 Å². The molecule has 0 radical (unpaired) electrons. The van der Waals surface area contributed by atoms with Crippen molar-refractivity contribution in [3.8, 4) is 5.75 Å². The Balaban J connectivity index is 1.52. The fourth-order valence-electron chi connectivity index (χ4n) is 2.97. The van der Waals surface area contributed by atoms with E-state index in [4.69, 9.17) is 17.0 Å². The van der Waals surface area contributed by atoms with Gasteiger partial charge in [-0.05, 0) is 60.2 Å². The zero-order chi connectivity index (χ0) is 24.4. The van der Waals surface area contributed by atoms with Crippen LogP contribution in [0.4, 0.5) is 5.69 Å². The van der Waals surface area contributed by atoms with Crippen LogP contribution in [0.15, 0.2) is 96.4 Å². The van der Waals surface area contributed by atoms with Crippen LogP contribution in [0.1, 0.15) is 15.9 Å². The number of hydrogen-bond donors (Lipinski definition) is 3. The summed E-state index contributed by atoms with van der Waals surface area (Å²) in [5, 5.41) is 5.56. The first kappa shape index (κ1) is 25.1. The Morgan fingerprint density at radius 2 is 1.74 bits per heavy atom. The number of ether oxygens (including phenoxy) is 1. The van der Waals surface area contributed by atoms with Gasteiger partial charge in [0.15, 0.2) is 5.11 Å². The van der Waals surface area contributed by atoms with Crippen molar-refractivity contribution in [3.63, 3.8) is 0 Å². The molecule has 7 nitrogen and oxygen atoms in total. The molecule has 0 heterocycles. The van der Waals surface area contributed by atoms with E-state index in [1.54, 1.807) is 36.4 Å². The third-order valence-corrected chi connectivity index (χ3v) is 6.31. The van der Waals surface area contributed by atoms with Crippen molar-refractivity contribution in [1.29, 1.82) is 0 Å². The Bertz CT molecular complexity index is 1240. The molecule has 0 spiro atoms. The zero-order valence-corrected chi connectivity index (χ0v) is 20.0. The molecule has 9 heteroatoms. The molecular formula is C25H25N3O4S2. The molecule has 1 amide bonds. The predicted molar refractivity (Wildman–Crippen MR) is 138 cm³/mol. The SMILES string of the molecule is C=CCNS(=O)(=O)c1ccc(NC(=S)NC(=O)c2cccc(OCCc3ccccc3)c2)cc1. The summed E-state index contributed by atoms with van der Waals surface area (Å²) in [6.07, 6.45) is 2.22. The van der Waals surface area contributed by atoms with E-state index in [0.29, 0.717) is 23.6 Å². The molecule has 3 rings (SSSR count). The van der Waals surface area contributed by atoms with Gasteiger partial charge >= 0.3 is 0 Å². The molecule has 0 aromatic heterocycles. The van der Waals surface area contributed by atoms with Crippen molar-refractivity contribution in [2.75, 3.05) is 18.5 Å². The maximum absolute atomic E-state index is 12.6. The van der Waals surface area contributed by atoms with Gasteiger partial charge in [-0.1, -0.05) is 42.5 Å². The second kappa shape index (κ2) is 12.1. The summed E-state index contributed by atoms with van der Waals surface area (Å²) in [5.41, 5.74) is 2.11. The van der Waals surface area contributed by atoms with Crippen LogP contribution in [0.5, 0.6) is 5.75 Å². The molecule has 0 aliphatic heterocycles. The maximum Gasteiger partial charge on any atom is 0.257 e. The number of rotatable bonds is 10. The fourth-order valence-corrected chi connectivity index (χ4v) is 4.17. The molecule has 0 aliphatic rings. The molecule has 3 N–H and O–H groups in total. The number of benzene rings is 3. The summed E-state index contributed by atoms with van der Waals surface area (Å²) in [6.45, 7) is 4.11. The Kier molecular flexibility index (Phi) is 8.92. The maximum atomic E-state index is 12.6. The topological polar surface area (TPSA) is 96.5 Å². The first-order valence-corrected chi connectivity index (χ1v) is 12.4. The van der Waals surface area contributed by atoms with E-state index >= 15 is 0 Å². The highest BCUT2D eigenvalue weighted by atomic mass is 32.2. The van der Waals surface area contributed by atoms with Gasteiger partial charge in [-0.2, -0.15) is 0 Å². The average Bonchev–Trinajstić information content (AvgIpc) is 2.84. The summed E-state index contributed by atoms with van der Waals surface area (Å²) in [5.74, 6) is 0.197. The van der Waals surface area contributed by atoms with Gasteiger partial charge < -0.3 is 10.1 Å². The van der Waals surface area contributed by atoms with Crippen LogP contribution in [0, 0.1) is 0 Å². The lowest BCUT2D eigenvalue weighted by Crippen LogP contribution is -2.34. The highest BCUT2D eigenvalue weighted by molar-refractivity contribution is 7.89. The van der Waals surface area contributed by atoms with E-state index in [1.807, 2.05) is 30.3 Å². The molecule has 3 aromatic rings. The van der Waals surface area contributed by atoms with Crippen LogP contribution in [-0.2, 0) is 16.4 Å². The third kappa shape index (κ3) is 7.51.